The lowest BCUT2D eigenvalue weighted by Gasteiger charge is -2.11. The van der Waals surface area contributed by atoms with Crippen molar-refractivity contribution in [1.29, 1.82) is 0 Å². The summed E-state index contributed by atoms with van der Waals surface area (Å²) in [6.07, 6.45) is 7.81. The molecule has 1 heterocycles. The maximum atomic E-state index is 12.9. The molecule has 0 unspecified atom stereocenters. The molecule has 4 rings (SSSR count). The summed E-state index contributed by atoms with van der Waals surface area (Å²) >= 11 is 0. The first-order chi connectivity index (χ1) is 12.6. The maximum absolute atomic E-state index is 12.9. The van der Waals surface area contributed by atoms with E-state index in [1.807, 2.05) is 18.2 Å². The number of sulfone groups is 1. The Morgan fingerprint density at radius 3 is 2.58 bits per heavy atom. The van der Waals surface area contributed by atoms with Gasteiger partial charge in [0.1, 0.15) is 0 Å². The van der Waals surface area contributed by atoms with Crippen molar-refractivity contribution in [1.82, 2.24) is 10.3 Å². The van der Waals surface area contributed by atoms with Crippen LogP contribution >= 0.6 is 0 Å². The minimum Gasteiger partial charge on any atom is -0.360 e. The molecule has 2 N–H and O–H groups in total. The van der Waals surface area contributed by atoms with E-state index in [2.05, 4.69) is 16.4 Å². The molecule has 3 aromatic rings. The smallest absolute Gasteiger partial charge is 0.208 e. The molecule has 1 fully saturated rings. The van der Waals surface area contributed by atoms with Crippen LogP contribution < -0.4 is 5.32 Å². The van der Waals surface area contributed by atoms with Crippen molar-refractivity contribution < 1.29 is 8.42 Å². The van der Waals surface area contributed by atoms with Crippen LogP contribution in [0, 0.1) is 0 Å². The Kier molecular flexibility index (Phi) is 4.83. The van der Waals surface area contributed by atoms with E-state index in [9.17, 15) is 8.42 Å². The van der Waals surface area contributed by atoms with E-state index in [0.717, 1.165) is 23.9 Å². The van der Waals surface area contributed by atoms with E-state index >= 15 is 0 Å². The van der Waals surface area contributed by atoms with Crippen LogP contribution in [-0.2, 0) is 16.3 Å². The number of rotatable bonds is 6. The number of benzene rings is 2. The molecule has 136 valence electrons. The van der Waals surface area contributed by atoms with Gasteiger partial charge in [-0.05, 0) is 49.6 Å². The zero-order valence-electron chi connectivity index (χ0n) is 14.7. The third kappa shape index (κ3) is 3.41. The fraction of sp³-hybridized carbons (Fsp3) is 0.333. The molecule has 1 aliphatic rings. The van der Waals surface area contributed by atoms with Crippen LogP contribution in [0.5, 0.6) is 0 Å². The third-order valence-corrected chi connectivity index (χ3v) is 7.06. The molecule has 0 aliphatic heterocycles. The van der Waals surface area contributed by atoms with E-state index < -0.39 is 9.84 Å². The molecule has 0 spiro atoms. The van der Waals surface area contributed by atoms with Gasteiger partial charge in [0.25, 0.3) is 0 Å². The highest BCUT2D eigenvalue weighted by atomic mass is 32.2. The predicted molar refractivity (Wildman–Crippen MR) is 104 cm³/mol. The van der Waals surface area contributed by atoms with Gasteiger partial charge in [0.15, 0.2) is 0 Å². The van der Waals surface area contributed by atoms with Gasteiger partial charge in [-0.1, -0.05) is 43.2 Å². The average Bonchev–Trinajstić information content (AvgIpc) is 3.32. The molecule has 1 saturated carbocycles. The summed E-state index contributed by atoms with van der Waals surface area (Å²) in [5, 5.41) is 4.37. The van der Waals surface area contributed by atoms with Crippen molar-refractivity contribution in [3.8, 4) is 0 Å². The Bertz CT molecular complexity index is 987. The monoisotopic (exact) mass is 368 g/mol. The summed E-state index contributed by atoms with van der Waals surface area (Å²) in [6.45, 7) is 0.964. The van der Waals surface area contributed by atoms with E-state index in [1.54, 1.807) is 30.5 Å². The molecule has 0 amide bonds. The van der Waals surface area contributed by atoms with Crippen LogP contribution in [0.3, 0.4) is 0 Å². The van der Waals surface area contributed by atoms with Gasteiger partial charge >= 0.3 is 0 Å². The Morgan fingerprint density at radius 1 is 1.04 bits per heavy atom. The lowest BCUT2D eigenvalue weighted by Crippen LogP contribution is -2.27. The molecule has 26 heavy (non-hydrogen) atoms. The van der Waals surface area contributed by atoms with Gasteiger partial charge in [-0.25, -0.2) is 8.42 Å². The highest BCUT2D eigenvalue weighted by molar-refractivity contribution is 7.91. The van der Waals surface area contributed by atoms with Crippen LogP contribution in [0.4, 0.5) is 0 Å². The van der Waals surface area contributed by atoms with Gasteiger partial charge in [-0.3, -0.25) is 0 Å². The van der Waals surface area contributed by atoms with Crippen molar-refractivity contribution in [3.63, 3.8) is 0 Å². The number of aromatic amines is 1. The van der Waals surface area contributed by atoms with Crippen molar-refractivity contribution in [3.05, 3.63) is 60.3 Å². The Balaban J connectivity index is 1.54. The zero-order chi connectivity index (χ0) is 18.0. The second kappa shape index (κ2) is 7.25. The molecular formula is C21H24N2O2S. The van der Waals surface area contributed by atoms with E-state index in [1.165, 1.54) is 31.2 Å². The van der Waals surface area contributed by atoms with Crippen molar-refractivity contribution in [2.24, 2.45) is 0 Å². The highest BCUT2D eigenvalue weighted by Gasteiger charge is 2.21. The molecular weight excluding hydrogens is 344 g/mol. The van der Waals surface area contributed by atoms with Gasteiger partial charge in [-0.15, -0.1) is 0 Å². The molecule has 0 bridgehead atoms. The second-order valence-corrected chi connectivity index (χ2v) is 8.95. The standard InChI is InChI=1S/C21H24N2O2S/c24-26(25,18-8-2-1-3-9-18)21-15-23-20-14-16(10-11-19(20)21)12-13-22-17-6-4-5-7-17/h1-3,8-11,14-15,17,22-23H,4-7,12-13H2. The molecule has 0 radical (unpaired) electrons. The minimum absolute atomic E-state index is 0.325. The molecule has 5 heteroatoms. The molecule has 1 aromatic heterocycles. The van der Waals surface area contributed by atoms with Gasteiger partial charge in [0, 0.05) is 23.1 Å². The summed E-state index contributed by atoms with van der Waals surface area (Å²) in [7, 11) is -3.51. The molecule has 0 saturated heterocycles. The Hall–Kier alpha value is -2.11. The second-order valence-electron chi connectivity index (χ2n) is 7.03. The number of hydrogen-bond donors (Lipinski definition) is 2. The van der Waals surface area contributed by atoms with Crippen molar-refractivity contribution in [2.75, 3.05) is 6.54 Å². The minimum atomic E-state index is -3.51. The number of aromatic nitrogens is 1. The quantitative estimate of drug-likeness (QED) is 0.689. The fourth-order valence-corrected chi connectivity index (χ4v) is 5.25. The topological polar surface area (TPSA) is 62.0 Å². The van der Waals surface area contributed by atoms with Gasteiger partial charge in [-0.2, -0.15) is 0 Å². The summed E-state index contributed by atoms with van der Waals surface area (Å²) in [5.41, 5.74) is 2.09. The first kappa shape index (κ1) is 17.3. The molecule has 0 atom stereocenters. The van der Waals surface area contributed by atoms with Crippen LogP contribution in [0.15, 0.2) is 64.5 Å². The van der Waals surface area contributed by atoms with Crippen molar-refractivity contribution in [2.45, 2.75) is 47.9 Å². The summed E-state index contributed by atoms with van der Waals surface area (Å²) in [4.78, 5) is 3.80. The average molecular weight is 369 g/mol. The number of nitrogens with one attached hydrogen (secondary N) is 2. The maximum Gasteiger partial charge on any atom is 0.208 e. The summed E-state index contributed by atoms with van der Waals surface area (Å²) < 4.78 is 25.8. The van der Waals surface area contributed by atoms with E-state index in [-0.39, 0.29) is 0 Å². The van der Waals surface area contributed by atoms with E-state index in [0.29, 0.717) is 15.8 Å². The van der Waals surface area contributed by atoms with Gasteiger partial charge in [0.2, 0.25) is 9.84 Å². The molecule has 2 aromatic carbocycles. The van der Waals surface area contributed by atoms with Crippen LogP contribution in [0.25, 0.3) is 10.9 Å². The van der Waals surface area contributed by atoms with Crippen molar-refractivity contribution >= 4 is 20.7 Å². The predicted octanol–water partition coefficient (Wildman–Crippen LogP) is 4.08. The number of fused-ring (bicyclic) bond motifs is 1. The molecule has 4 nitrogen and oxygen atoms in total. The Labute approximate surface area is 154 Å². The van der Waals surface area contributed by atoms with Crippen LogP contribution in [0.2, 0.25) is 0 Å². The Morgan fingerprint density at radius 2 is 1.81 bits per heavy atom. The SMILES string of the molecule is O=S(=O)(c1ccccc1)c1c[nH]c2cc(CCNC3CCCC3)ccc12. The summed E-state index contributed by atoms with van der Waals surface area (Å²) in [6, 6.07) is 15.3. The molecule has 1 aliphatic carbocycles. The number of H-pyrrole nitrogens is 1. The highest BCUT2D eigenvalue weighted by Crippen LogP contribution is 2.29. The normalized spacial score (nSPS) is 15.7. The first-order valence-corrected chi connectivity index (χ1v) is 10.8. The van der Waals surface area contributed by atoms with Crippen LogP contribution in [0.1, 0.15) is 31.2 Å². The lowest BCUT2D eigenvalue weighted by atomic mass is 10.1. The zero-order valence-corrected chi connectivity index (χ0v) is 15.6. The van der Waals surface area contributed by atoms with Gasteiger partial charge < -0.3 is 10.3 Å². The third-order valence-electron chi connectivity index (χ3n) is 5.25. The number of hydrogen-bond acceptors (Lipinski definition) is 3. The largest absolute Gasteiger partial charge is 0.360 e. The van der Waals surface area contributed by atoms with Gasteiger partial charge in [0.05, 0.1) is 9.79 Å². The summed E-state index contributed by atoms with van der Waals surface area (Å²) in [5.74, 6) is 0. The van der Waals surface area contributed by atoms with Crippen LogP contribution in [-0.4, -0.2) is 26.0 Å². The van der Waals surface area contributed by atoms with E-state index in [4.69, 9.17) is 0 Å². The first-order valence-electron chi connectivity index (χ1n) is 9.28. The fourth-order valence-electron chi connectivity index (χ4n) is 3.80. The lowest BCUT2D eigenvalue weighted by molar-refractivity contribution is 0.528.